The van der Waals surface area contributed by atoms with Gasteiger partial charge in [-0.2, -0.15) is 0 Å². The zero-order valence-electron chi connectivity index (χ0n) is 20.4. The molecule has 8 nitrogen and oxygen atoms in total. The van der Waals surface area contributed by atoms with E-state index in [9.17, 15) is 9.59 Å². The van der Waals surface area contributed by atoms with Crippen LogP contribution in [0, 0.1) is 0 Å². The summed E-state index contributed by atoms with van der Waals surface area (Å²) in [5.41, 5.74) is 3.75. The molecule has 0 spiro atoms. The number of nitrogens with zero attached hydrogens (tertiary/aromatic N) is 2. The van der Waals surface area contributed by atoms with Gasteiger partial charge in [-0.3, -0.25) is 9.59 Å². The first-order valence-corrected chi connectivity index (χ1v) is 12.1. The molecule has 5 rings (SSSR count). The molecule has 3 heterocycles. The molecule has 3 aromatic rings. The molecule has 0 saturated carbocycles. The van der Waals surface area contributed by atoms with Crippen LogP contribution in [-0.2, 0) is 20.7 Å². The molecule has 2 aromatic carbocycles. The minimum Gasteiger partial charge on any atom is -0.493 e. The van der Waals surface area contributed by atoms with Crippen LogP contribution in [0.15, 0.2) is 42.5 Å². The zero-order chi connectivity index (χ0) is 24.5. The number of methoxy groups -OCH3 is 2. The lowest BCUT2D eigenvalue weighted by Gasteiger charge is -2.47. The van der Waals surface area contributed by atoms with E-state index in [1.165, 1.54) is 0 Å². The maximum Gasteiger partial charge on any atom is 0.246 e. The van der Waals surface area contributed by atoms with Crippen LogP contribution < -0.4 is 9.47 Å². The number of carbonyl (C=O) groups is 2. The molecule has 1 saturated heterocycles. The Kier molecular flexibility index (Phi) is 6.38. The van der Waals surface area contributed by atoms with Gasteiger partial charge in [-0.1, -0.05) is 30.3 Å². The van der Waals surface area contributed by atoms with Crippen molar-refractivity contribution in [2.45, 2.75) is 31.8 Å². The fourth-order valence-electron chi connectivity index (χ4n) is 5.47. The largest absolute Gasteiger partial charge is 0.493 e. The summed E-state index contributed by atoms with van der Waals surface area (Å²) in [6.45, 7) is 3.71. The van der Waals surface area contributed by atoms with Crippen molar-refractivity contribution in [3.8, 4) is 11.5 Å². The average Bonchev–Trinajstić information content (AvgIpc) is 3.26. The molecule has 0 unspecified atom stereocenters. The molecule has 0 radical (unpaired) electrons. The number of hydrogen-bond donors (Lipinski definition) is 1. The second-order valence-corrected chi connectivity index (χ2v) is 8.88. The Hall–Kier alpha value is -3.52. The third-order valence-electron chi connectivity index (χ3n) is 6.99. The average molecular weight is 478 g/mol. The standard InChI is InChI=1S/C27H31N3O5/c1-4-35-14-8-13-29-16-23(31)30-21(27(29)32)15-19-17-9-5-6-11-20(17)28-24(19)25(30)18-10-7-12-22(33-2)26(18)34-3/h5-7,9-12,21,25,28H,4,8,13-16H2,1-3H3/t21-,25+/m0/s1. The van der Waals surface area contributed by atoms with Gasteiger partial charge in [0.05, 0.1) is 20.8 Å². The lowest BCUT2D eigenvalue weighted by Crippen LogP contribution is -2.63. The number of para-hydroxylation sites is 2. The second-order valence-electron chi connectivity index (χ2n) is 8.88. The van der Waals surface area contributed by atoms with Crippen LogP contribution in [0.1, 0.15) is 36.2 Å². The summed E-state index contributed by atoms with van der Waals surface area (Å²) in [4.78, 5) is 34.3. The predicted molar refractivity (Wildman–Crippen MR) is 132 cm³/mol. The molecular weight excluding hydrogens is 446 g/mol. The summed E-state index contributed by atoms with van der Waals surface area (Å²) in [7, 11) is 3.19. The summed E-state index contributed by atoms with van der Waals surface area (Å²) in [6, 6.07) is 12.6. The van der Waals surface area contributed by atoms with E-state index in [0.717, 1.165) is 27.7 Å². The number of rotatable bonds is 8. The van der Waals surface area contributed by atoms with Crippen molar-refractivity contribution in [2.75, 3.05) is 40.5 Å². The highest BCUT2D eigenvalue weighted by molar-refractivity contribution is 5.97. The molecule has 2 aliphatic heterocycles. The number of ether oxygens (including phenoxy) is 3. The third kappa shape index (κ3) is 3.91. The van der Waals surface area contributed by atoms with Gasteiger partial charge in [-0.05, 0) is 31.0 Å². The summed E-state index contributed by atoms with van der Waals surface area (Å²) in [6.07, 6.45) is 1.17. The highest BCUT2D eigenvalue weighted by Gasteiger charge is 2.48. The Morgan fingerprint density at radius 3 is 2.66 bits per heavy atom. The highest BCUT2D eigenvalue weighted by Crippen LogP contribution is 2.46. The number of aromatic amines is 1. The molecule has 35 heavy (non-hydrogen) atoms. The van der Waals surface area contributed by atoms with Crippen LogP contribution in [0.2, 0.25) is 0 Å². The molecule has 2 atom stereocenters. The smallest absolute Gasteiger partial charge is 0.246 e. The van der Waals surface area contributed by atoms with Crippen LogP contribution in [0.5, 0.6) is 11.5 Å². The number of aromatic nitrogens is 1. The minimum atomic E-state index is -0.587. The van der Waals surface area contributed by atoms with Crippen LogP contribution in [-0.4, -0.2) is 73.2 Å². The SMILES string of the molecule is CCOCCCN1CC(=O)N2[C@H](c3cccc(OC)c3OC)c3[nH]c4ccccc4c3C[C@H]2C1=O. The number of benzene rings is 2. The lowest BCUT2D eigenvalue weighted by molar-refractivity contribution is -0.158. The molecule has 2 aliphatic rings. The molecule has 1 fully saturated rings. The van der Waals surface area contributed by atoms with E-state index in [4.69, 9.17) is 14.2 Å². The van der Waals surface area contributed by atoms with E-state index < -0.39 is 12.1 Å². The van der Waals surface area contributed by atoms with Crippen LogP contribution >= 0.6 is 0 Å². The van der Waals surface area contributed by atoms with Crippen molar-refractivity contribution in [3.63, 3.8) is 0 Å². The Labute approximate surface area is 204 Å². The third-order valence-corrected chi connectivity index (χ3v) is 6.99. The van der Waals surface area contributed by atoms with Gasteiger partial charge in [0.25, 0.3) is 0 Å². The van der Waals surface area contributed by atoms with Gasteiger partial charge >= 0.3 is 0 Å². The van der Waals surface area contributed by atoms with Gasteiger partial charge in [0, 0.05) is 48.3 Å². The molecule has 2 amide bonds. The van der Waals surface area contributed by atoms with Crippen molar-refractivity contribution < 1.29 is 23.8 Å². The first-order chi connectivity index (χ1) is 17.1. The predicted octanol–water partition coefficient (Wildman–Crippen LogP) is 3.30. The molecule has 184 valence electrons. The fourth-order valence-corrected chi connectivity index (χ4v) is 5.47. The van der Waals surface area contributed by atoms with Gasteiger partial charge in [0.1, 0.15) is 12.1 Å². The van der Waals surface area contributed by atoms with Gasteiger partial charge in [-0.25, -0.2) is 0 Å². The minimum absolute atomic E-state index is 0.0242. The van der Waals surface area contributed by atoms with Crippen molar-refractivity contribution >= 4 is 22.7 Å². The normalized spacial score (nSPS) is 19.6. The second kappa shape index (κ2) is 9.62. The quantitative estimate of drug-likeness (QED) is 0.504. The number of carbonyl (C=O) groups excluding carboxylic acids is 2. The van der Waals surface area contributed by atoms with Crippen LogP contribution in [0.3, 0.4) is 0 Å². The van der Waals surface area contributed by atoms with Gasteiger partial charge < -0.3 is 29.0 Å². The van der Waals surface area contributed by atoms with Gasteiger partial charge in [0.15, 0.2) is 11.5 Å². The van der Waals surface area contributed by atoms with E-state index in [1.54, 1.807) is 24.0 Å². The van der Waals surface area contributed by atoms with Gasteiger partial charge in [-0.15, -0.1) is 0 Å². The first kappa shape index (κ1) is 23.2. The number of piperazine rings is 1. The number of H-pyrrole nitrogens is 1. The molecule has 1 aromatic heterocycles. The molecule has 0 bridgehead atoms. The summed E-state index contributed by atoms with van der Waals surface area (Å²) in [5.74, 6) is 1.04. The van der Waals surface area contributed by atoms with E-state index >= 15 is 0 Å². The Morgan fingerprint density at radius 2 is 1.89 bits per heavy atom. The monoisotopic (exact) mass is 477 g/mol. The van der Waals surface area contributed by atoms with Crippen LogP contribution in [0.4, 0.5) is 0 Å². The number of nitrogens with one attached hydrogen (secondary N) is 1. The molecule has 0 aliphatic carbocycles. The van der Waals surface area contributed by atoms with Crippen molar-refractivity contribution in [3.05, 3.63) is 59.3 Å². The topological polar surface area (TPSA) is 84.1 Å². The van der Waals surface area contributed by atoms with Crippen molar-refractivity contribution in [2.24, 2.45) is 0 Å². The lowest BCUT2D eigenvalue weighted by atomic mass is 9.85. The molecule has 8 heteroatoms. The fraction of sp³-hybridized carbons (Fsp3) is 0.407. The number of fused-ring (bicyclic) bond motifs is 4. The maximum atomic E-state index is 13.7. The summed E-state index contributed by atoms with van der Waals surface area (Å²) >= 11 is 0. The Bertz CT molecular complexity index is 1250. The zero-order valence-corrected chi connectivity index (χ0v) is 20.4. The van der Waals surface area contributed by atoms with Crippen molar-refractivity contribution in [1.29, 1.82) is 0 Å². The van der Waals surface area contributed by atoms with Gasteiger partial charge in [0.2, 0.25) is 11.8 Å². The molecule has 1 N–H and O–H groups in total. The van der Waals surface area contributed by atoms with Crippen LogP contribution in [0.25, 0.3) is 10.9 Å². The number of amides is 2. The maximum absolute atomic E-state index is 13.7. The van der Waals surface area contributed by atoms with Crippen molar-refractivity contribution in [1.82, 2.24) is 14.8 Å². The van der Waals surface area contributed by atoms with E-state index in [-0.39, 0.29) is 18.4 Å². The van der Waals surface area contributed by atoms with E-state index in [2.05, 4.69) is 11.1 Å². The molecular formula is C27H31N3O5. The Balaban J connectivity index is 1.62. The highest BCUT2D eigenvalue weighted by atomic mass is 16.5. The summed E-state index contributed by atoms with van der Waals surface area (Å²) < 4.78 is 16.8. The van der Waals surface area contributed by atoms with E-state index in [0.29, 0.717) is 44.1 Å². The Morgan fingerprint density at radius 1 is 1.06 bits per heavy atom. The number of hydrogen-bond acceptors (Lipinski definition) is 5. The first-order valence-electron chi connectivity index (χ1n) is 12.1. The van der Waals surface area contributed by atoms with E-state index in [1.807, 2.05) is 43.3 Å². The summed E-state index contributed by atoms with van der Waals surface area (Å²) in [5, 5.41) is 1.07.